The first-order valence-corrected chi connectivity index (χ1v) is 17.4. The molecular formula is C48H30N4. The largest absolute Gasteiger partial charge is 0.264 e. The van der Waals surface area contributed by atoms with Crippen LogP contribution in [-0.4, -0.2) is 19.9 Å². The summed E-state index contributed by atoms with van der Waals surface area (Å²) in [6.07, 6.45) is 7.48. The second-order valence-corrected chi connectivity index (χ2v) is 13.3. The molecule has 0 radical (unpaired) electrons. The maximum atomic E-state index is 5.18. The third-order valence-corrected chi connectivity index (χ3v) is 10.00. The zero-order chi connectivity index (χ0) is 34.4. The fourth-order valence-electron chi connectivity index (χ4n) is 7.14. The molecule has 52 heavy (non-hydrogen) atoms. The number of benzene rings is 7. The summed E-state index contributed by atoms with van der Waals surface area (Å²) in [4.78, 5) is 18.9. The first-order valence-electron chi connectivity index (χ1n) is 17.4. The molecule has 0 unspecified atom stereocenters. The van der Waals surface area contributed by atoms with Gasteiger partial charge in [0.2, 0.25) is 0 Å². The van der Waals surface area contributed by atoms with Crippen LogP contribution in [-0.2, 0) is 0 Å². The van der Waals surface area contributed by atoms with Gasteiger partial charge < -0.3 is 0 Å². The predicted molar refractivity (Wildman–Crippen MR) is 215 cm³/mol. The molecule has 0 aliphatic heterocycles. The van der Waals surface area contributed by atoms with Gasteiger partial charge in [0.25, 0.3) is 0 Å². The zero-order valence-corrected chi connectivity index (χ0v) is 28.1. The molecule has 4 heteroatoms. The molecule has 0 aliphatic carbocycles. The van der Waals surface area contributed by atoms with Gasteiger partial charge in [-0.15, -0.1) is 0 Å². The minimum absolute atomic E-state index is 0.696. The molecule has 0 amide bonds. The van der Waals surface area contributed by atoms with Crippen molar-refractivity contribution >= 4 is 43.1 Å². The normalized spacial score (nSPS) is 11.5. The molecular weight excluding hydrogens is 633 g/mol. The Morgan fingerprint density at radius 3 is 1.23 bits per heavy atom. The van der Waals surface area contributed by atoms with Crippen LogP contribution in [0.1, 0.15) is 0 Å². The van der Waals surface area contributed by atoms with Gasteiger partial charge in [0.1, 0.15) is 0 Å². The van der Waals surface area contributed by atoms with Crippen molar-refractivity contribution in [2.45, 2.75) is 0 Å². The van der Waals surface area contributed by atoms with Crippen molar-refractivity contribution in [1.29, 1.82) is 0 Å². The Balaban J connectivity index is 1.06. The quantitative estimate of drug-likeness (QED) is 0.172. The van der Waals surface area contributed by atoms with E-state index in [0.29, 0.717) is 5.82 Å². The van der Waals surface area contributed by atoms with Crippen LogP contribution in [0.3, 0.4) is 0 Å². The van der Waals surface area contributed by atoms with E-state index < -0.39 is 0 Å². The Morgan fingerprint density at radius 1 is 0.269 bits per heavy atom. The van der Waals surface area contributed by atoms with Gasteiger partial charge in [-0.1, -0.05) is 109 Å². The summed E-state index contributed by atoms with van der Waals surface area (Å²) < 4.78 is 0. The summed E-state index contributed by atoms with van der Waals surface area (Å²) in [5.41, 5.74) is 9.45. The molecule has 10 rings (SSSR count). The van der Waals surface area contributed by atoms with E-state index in [1.165, 1.54) is 38.1 Å². The lowest BCUT2D eigenvalue weighted by Crippen LogP contribution is -1.96. The summed E-state index contributed by atoms with van der Waals surface area (Å²) in [6, 6.07) is 56.1. The maximum absolute atomic E-state index is 5.18. The van der Waals surface area contributed by atoms with Crippen molar-refractivity contribution in [3.63, 3.8) is 0 Å². The molecule has 242 valence electrons. The van der Waals surface area contributed by atoms with Crippen LogP contribution in [0.5, 0.6) is 0 Å². The standard InChI is InChI=1S/C48H30N4/c1-2-4-36-26-45-27-42(16-13-39(45)23-35(36)3-1)48-51-46(33-9-5-31(6-10-33)37-14-17-43-29-49-21-19-40(43)24-37)28-47(52-48)34-11-7-32(8-12-34)38-15-18-44-30-50-22-20-41(44)25-38/h1-30H. The number of pyridine rings is 2. The first kappa shape index (κ1) is 29.8. The Kier molecular flexibility index (Phi) is 7.10. The van der Waals surface area contributed by atoms with Crippen molar-refractivity contribution in [3.8, 4) is 56.2 Å². The van der Waals surface area contributed by atoms with Crippen molar-refractivity contribution in [2.75, 3.05) is 0 Å². The summed E-state index contributed by atoms with van der Waals surface area (Å²) in [7, 11) is 0. The lowest BCUT2D eigenvalue weighted by Gasteiger charge is -2.12. The number of fused-ring (bicyclic) bond motifs is 4. The highest BCUT2D eigenvalue weighted by molar-refractivity contribution is 5.99. The van der Waals surface area contributed by atoms with Crippen molar-refractivity contribution < 1.29 is 0 Å². The summed E-state index contributed by atoms with van der Waals surface area (Å²) in [6.45, 7) is 0. The van der Waals surface area contributed by atoms with E-state index in [4.69, 9.17) is 9.97 Å². The predicted octanol–water partition coefficient (Wildman–Crippen LogP) is 12.2. The van der Waals surface area contributed by atoms with Gasteiger partial charge in [0.15, 0.2) is 5.82 Å². The molecule has 3 aromatic heterocycles. The van der Waals surface area contributed by atoms with E-state index >= 15 is 0 Å². The molecule has 0 spiro atoms. The smallest absolute Gasteiger partial charge is 0.160 e. The number of hydrogen-bond donors (Lipinski definition) is 0. The van der Waals surface area contributed by atoms with Gasteiger partial charge in [-0.3, -0.25) is 9.97 Å². The highest BCUT2D eigenvalue weighted by Gasteiger charge is 2.13. The van der Waals surface area contributed by atoms with Gasteiger partial charge in [0, 0.05) is 52.3 Å². The molecule has 0 N–H and O–H groups in total. The number of aromatic nitrogens is 4. The first-order chi connectivity index (χ1) is 25.7. The van der Waals surface area contributed by atoms with Crippen LogP contribution >= 0.6 is 0 Å². The molecule has 0 saturated carbocycles. The summed E-state index contributed by atoms with van der Waals surface area (Å²) in [5.74, 6) is 0.696. The number of rotatable bonds is 5. The van der Waals surface area contributed by atoms with Crippen LogP contribution in [0.25, 0.3) is 99.2 Å². The Bertz CT molecular complexity index is 2810. The molecule has 0 atom stereocenters. The van der Waals surface area contributed by atoms with E-state index in [1.54, 1.807) is 0 Å². The Morgan fingerprint density at radius 2 is 0.673 bits per heavy atom. The van der Waals surface area contributed by atoms with Crippen molar-refractivity contribution in [3.05, 3.63) is 183 Å². The molecule has 0 fully saturated rings. The highest BCUT2D eigenvalue weighted by Crippen LogP contribution is 2.33. The Hall–Kier alpha value is -7.04. The lowest BCUT2D eigenvalue weighted by molar-refractivity contribution is 1.18. The topological polar surface area (TPSA) is 51.6 Å². The third-order valence-electron chi connectivity index (χ3n) is 10.00. The van der Waals surface area contributed by atoms with E-state index in [9.17, 15) is 0 Å². The van der Waals surface area contributed by atoms with Crippen molar-refractivity contribution in [1.82, 2.24) is 19.9 Å². The monoisotopic (exact) mass is 662 g/mol. The van der Waals surface area contributed by atoms with Gasteiger partial charge in [0.05, 0.1) is 11.4 Å². The Labute approximate surface area is 300 Å². The second-order valence-electron chi connectivity index (χ2n) is 13.3. The van der Waals surface area contributed by atoms with E-state index in [-0.39, 0.29) is 0 Å². The average molecular weight is 663 g/mol. The molecule has 0 aliphatic rings. The minimum Gasteiger partial charge on any atom is -0.264 e. The SMILES string of the molecule is c1ccc2cc3cc(-c4nc(-c5ccc(-c6ccc7cnccc7c6)cc5)cc(-c5ccc(-c6ccc7cnccc7c6)cc5)n4)ccc3cc2c1. The molecule has 0 saturated heterocycles. The molecule has 4 nitrogen and oxygen atoms in total. The van der Waals surface area contributed by atoms with Gasteiger partial charge in [-0.05, 0) is 103 Å². The van der Waals surface area contributed by atoms with Crippen LogP contribution in [0.4, 0.5) is 0 Å². The van der Waals surface area contributed by atoms with Crippen LogP contribution < -0.4 is 0 Å². The minimum atomic E-state index is 0.696. The van der Waals surface area contributed by atoms with E-state index in [1.807, 2.05) is 24.8 Å². The van der Waals surface area contributed by atoms with Gasteiger partial charge in [-0.25, -0.2) is 9.97 Å². The highest BCUT2D eigenvalue weighted by atomic mass is 14.9. The zero-order valence-electron chi connectivity index (χ0n) is 28.1. The van der Waals surface area contributed by atoms with Crippen molar-refractivity contribution in [2.24, 2.45) is 0 Å². The fraction of sp³-hybridized carbons (Fsp3) is 0. The molecule has 10 aromatic rings. The maximum Gasteiger partial charge on any atom is 0.160 e. The number of nitrogens with zero attached hydrogens (tertiary/aromatic N) is 4. The van der Waals surface area contributed by atoms with E-state index in [0.717, 1.165) is 55.4 Å². The average Bonchev–Trinajstić information content (AvgIpc) is 3.22. The van der Waals surface area contributed by atoms with Crippen LogP contribution in [0.2, 0.25) is 0 Å². The molecule has 3 heterocycles. The van der Waals surface area contributed by atoms with E-state index in [2.05, 4.69) is 168 Å². The molecule has 7 aromatic carbocycles. The fourth-order valence-corrected chi connectivity index (χ4v) is 7.14. The second kappa shape index (κ2) is 12.4. The van der Waals surface area contributed by atoms with Crippen LogP contribution in [0, 0.1) is 0 Å². The third kappa shape index (κ3) is 5.53. The van der Waals surface area contributed by atoms with Gasteiger partial charge >= 0.3 is 0 Å². The number of hydrogen-bond acceptors (Lipinski definition) is 4. The molecule has 0 bridgehead atoms. The lowest BCUT2D eigenvalue weighted by atomic mass is 9.98. The summed E-state index contributed by atoms with van der Waals surface area (Å²) >= 11 is 0. The summed E-state index contributed by atoms with van der Waals surface area (Å²) in [5, 5.41) is 9.42. The van der Waals surface area contributed by atoms with Crippen LogP contribution in [0.15, 0.2) is 183 Å². The van der Waals surface area contributed by atoms with Gasteiger partial charge in [-0.2, -0.15) is 0 Å².